The van der Waals surface area contributed by atoms with Gasteiger partial charge in [0.2, 0.25) is 0 Å². The molecule has 3 nitrogen and oxygen atoms in total. The second-order valence-electron chi connectivity index (χ2n) is 5.31. The summed E-state index contributed by atoms with van der Waals surface area (Å²) >= 11 is 0. The van der Waals surface area contributed by atoms with E-state index in [2.05, 4.69) is 16.8 Å². The summed E-state index contributed by atoms with van der Waals surface area (Å²) in [5.41, 5.74) is 6.37. The molecule has 1 aliphatic heterocycles. The summed E-state index contributed by atoms with van der Waals surface area (Å²) in [5.74, 6) is -0.807. The first-order chi connectivity index (χ1) is 8.99. The summed E-state index contributed by atoms with van der Waals surface area (Å²) in [6.45, 7) is 5.31. The molecule has 0 aliphatic carbocycles. The zero-order valence-corrected chi connectivity index (χ0v) is 11.4. The molecule has 0 aromatic heterocycles. The maximum absolute atomic E-state index is 14.0. The van der Waals surface area contributed by atoms with Crippen molar-refractivity contribution in [1.29, 1.82) is 0 Å². The van der Waals surface area contributed by atoms with Gasteiger partial charge < -0.3 is 10.6 Å². The number of piperazine rings is 1. The Bertz CT molecular complexity index is 429. The van der Waals surface area contributed by atoms with Gasteiger partial charge in [-0.05, 0) is 32.2 Å². The normalized spacial score (nSPS) is 21.3. The average molecular weight is 269 g/mol. The third kappa shape index (κ3) is 3.29. The quantitative estimate of drug-likeness (QED) is 0.904. The summed E-state index contributed by atoms with van der Waals surface area (Å²) in [5, 5.41) is 0. The highest BCUT2D eigenvalue weighted by molar-refractivity contribution is 5.24. The molecular weight excluding hydrogens is 248 g/mol. The van der Waals surface area contributed by atoms with Gasteiger partial charge in [0.25, 0.3) is 0 Å². The van der Waals surface area contributed by atoms with Crippen molar-refractivity contribution in [1.82, 2.24) is 9.80 Å². The van der Waals surface area contributed by atoms with Gasteiger partial charge >= 0.3 is 0 Å². The van der Waals surface area contributed by atoms with Crippen molar-refractivity contribution in [3.05, 3.63) is 35.4 Å². The molecule has 1 saturated heterocycles. The van der Waals surface area contributed by atoms with Crippen LogP contribution in [0.2, 0.25) is 0 Å². The van der Waals surface area contributed by atoms with Crippen LogP contribution in [0.4, 0.5) is 8.78 Å². The van der Waals surface area contributed by atoms with Crippen molar-refractivity contribution < 1.29 is 8.78 Å². The number of rotatable bonds is 3. The van der Waals surface area contributed by atoms with Gasteiger partial charge in [-0.2, -0.15) is 0 Å². The van der Waals surface area contributed by atoms with Gasteiger partial charge in [0.15, 0.2) is 0 Å². The lowest BCUT2D eigenvalue weighted by molar-refractivity contribution is 0.0986. The highest BCUT2D eigenvalue weighted by Crippen LogP contribution is 2.27. The maximum Gasteiger partial charge on any atom is 0.128 e. The number of halogens is 2. The minimum Gasteiger partial charge on any atom is -0.326 e. The van der Waals surface area contributed by atoms with Crippen LogP contribution < -0.4 is 5.73 Å². The zero-order valence-electron chi connectivity index (χ0n) is 11.4. The summed E-state index contributed by atoms with van der Waals surface area (Å²) in [4.78, 5) is 4.36. The number of hydrogen-bond donors (Lipinski definition) is 1. The number of benzene rings is 1. The van der Waals surface area contributed by atoms with Crippen molar-refractivity contribution >= 4 is 0 Å². The Morgan fingerprint density at radius 1 is 1.16 bits per heavy atom. The Hall–Kier alpha value is -1.04. The van der Waals surface area contributed by atoms with Gasteiger partial charge in [-0.15, -0.1) is 0 Å². The van der Waals surface area contributed by atoms with E-state index >= 15 is 0 Å². The molecule has 1 aromatic carbocycles. The van der Waals surface area contributed by atoms with Gasteiger partial charge in [0.05, 0.1) is 6.04 Å². The minimum absolute atomic E-state index is 0.250. The molecule has 0 amide bonds. The van der Waals surface area contributed by atoms with E-state index in [0.29, 0.717) is 5.56 Å². The number of likely N-dealkylation sites (N-methyl/N-ethyl adjacent to an activating group) is 1. The lowest BCUT2D eigenvalue weighted by Crippen LogP contribution is -2.50. The van der Waals surface area contributed by atoms with Crippen LogP contribution in [-0.2, 0) is 0 Å². The molecule has 19 heavy (non-hydrogen) atoms. The first-order valence-corrected chi connectivity index (χ1v) is 6.62. The Balaban J connectivity index is 2.27. The Morgan fingerprint density at radius 3 is 2.37 bits per heavy atom. The second-order valence-corrected chi connectivity index (χ2v) is 5.31. The Labute approximate surface area is 113 Å². The van der Waals surface area contributed by atoms with Crippen molar-refractivity contribution in [3.8, 4) is 0 Å². The third-order valence-corrected chi connectivity index (χ3v) is 3.71. The highest BCUT2D eigenvalue weighted by atomic mass is 19.1. The predicted molar refractivity (Wildman–Crippen MR) is 71.8 cm³/mol. The van der Waals surface area contributed by atoms with Gasteiger partial charge in [-0.3, -0.25) is 4.90 Å². The van der Waals surface area contributed by atoms with E-state index in [4.69, 9.17) is 5.73 Å². The van der Waals surface area contributed by atoms with Crippen LogP contribution in [0.15, 0.2) is 18.2 Å². The first kappa shape index (κ1) is 14.4. The lowest BCUT2D eigenvalue weighted by atomic mass is 9.97. The predicted octanol–water partition coefficient (Wildman–Crippen LogP) is 1.60. The molecule has 0 bridgehead atoms. The highest BCUT2D eigenvalue weighted by Gasteiger charge is 2.29. The summed E-state index contributed by atoms with van der Waals surface area (Å²) in [6.07, 6.45) is 0. The van der Waals surface area contributed by atoms with E-state index in [1.807, 2.05) is 6.92 Å². The average Bonchev–Trinajstić information content (AvgIpc) is 2.36. The van der Waals surface area contributed by atoms with E-state index < -0.39 is 5.82 Å². The minimum atomic E-state index is -0.420. The fraction of sp³-hybridized carbons (Fsp3) is 0.571. The zero-order chi connectivity index (χ0) is 14.0. The molecule has 0 radical (unpaired) electrons. The fourth-order valence-corrected chi connectivity index (χ4v) is 2.65. The van der Waals surface area contributed by atoms with Crippen LogP contribution in [-0.4, -0.2) is 49.1 Å². The summed E-state index contributed by atoms with van der Waals surface area (Å²) in [7, 11) is 2.06. The SMILES string of the molecule is CC(N)C(c1cc(F)ccc1F)N1CCN(C)CC1. The van der Waals surface area contributed by atoms with Crippen molar-refractivity contribution in [3.63, 3.8) is 0 Å². The third-order valence-electron chi connectivity index (χ3n) is 3.71. The second kappa shape index (κ2) is 5.94. The molecule has 5 heteroatoms. The first-order valence-electron chi connectivity index (χ1n) is 6.62. The van der Waals surface area contributed by atoms with Gasteiger partial charge in [-0.1, -0.05) is 0 Å². The molecule has 1 aromatic rings. The number of nitrogens with two attached hydrogens (primary N) is 1. The Kier molecular flexibility index (Phi) is 4.50. The van der Waals surface area contributed by atoms with Crippen LogP contribution in [0.5, 0.6) is 0 Å². The summed E-state index contributed by atoms with van der Waals surface area (Å²) < 4.78 is 27.3. The monoisotopic (exact) mass is 269 g/mol. The molecule has 2 rings (SSSR count). The molecule has 1 aliphatic rings. The molecule has 0 saturated carbocycles. The van der Waals surface area contributed by atoms with Gasteiger partial charge in [0.1, 0.15) is 11.6 Å². The molecule has 0 spiro atoms. The topological polar surface area (TPSA) is 32.5 Å². The molecule has 2 unspecified atom stereocenters. The van der Waals surface area contributed by atoms with Crippen molar-refractivity contribution in [2.24, 2.45) is 5.73 Å². The molecule has 1 fully saturated rings. The van der Waals surface area contributed by atoms with Crippen LogP contribution in [0.3, 0.4) is 0 Å². The maximum atomic E-state index is 14.0. The molecule has 106 valence electrons. The standard InChI is InChI=1S/C14H21F2N3/c1-10(17)14(19-7-5-18(2)6-8-19)12-9-11(15)3-4-13(12)16/h3-4,9-10,14H,5-8,17H2,1-2H3. The largest absolute Gasteiger partial charge is 0.326 e. The Morgan fingerprint density at radius 2 is 1.79 bits per heavy atom. The number of nitrogens with zero attached hydrogens (tertiary/aromatic N) is 2. The fourth-order valence-electron chi connectivity index (χ4n) is 2.65. The molecule has 2 N–H and O–H groups in total. The van der Waals surface area contributed by atoms with E-state index in [1.54, 1.807) is 0 Å². The lowest BCUT2D eigenvalue weighted by Gasteiger charge is -2.40. The van der Waals surface area contributed by atoms with Crippen molar-refractivity contribution in [2.45, 2.75) is 19.0 Å². The van der Waals surface area contributed by atoms with E-state index in [1.165, 1.54) is 12.1 Å². The van der Waals surface area contributed by atoms with Crippen LogP contribution >= 0.6 is 0 Å². The van der Waals surface area contributed by atoms with Crippen molar-refractivity contribution in [2.75, 3.05) is 33.2 Å². The molecule has 1 heterocycles. The molecule has 2 atom stereocenters. The smallest absolute Gasteiger partial charge is 0.128 e. The van der Waals surface area contributed by atoms with Crippen LogP contribution in [0.25, 0.3) is 0 Å². The van der Waals surface area contributed by atoms with Crippen LogP contribution in [0.1, 0.15) is 18.5 Å². The van der Waals surface area contributed by atoms with E-state index in [0.717, 1.165) is 32.2 Å². The number of hydrogen-bond acceptors (Lipinski definition) is 3. The van der Waals surface area contributed by atoms with Crippen LogP contribution in [0, 0.1) is 11.6 Å². The van der Waals surface area contributed by atoms with E-state index in [9.17, 15) is 8.78 Å². The van der Waals surface area contributed by atoms with Gasteiger partial charge in [0, 0.05) is 37.8 Å². The van der Waals surface area contributed by atoms with E-state index in [-0.39, 0.29) is 17.9 Å². The molecular formula is C14H21F2N3. The summed E-state index contributed by atoms with van der Waals surface area (Å²) in [6, 6.07) is 3.06. The van der Waals surface area contributed by atoms with Gasteiger partial charge in [-0.25, -0.2) is 8.78 Å².